The van der Waals surface area contributed by atoms with Crippen molar-refractivity contribution < 1.29 is 4.74 Å². The summed E-state index contributed by atoms with van der Waals surface area (Å²) in [5.41, 5.74) is 7.62. The van der Waals surface area contributed by atoms with Crippen molar-refractivity contribution in [2.75, 3.05) is 12.3 Å². The maximum Gasteiger partial charge on any atom is 0.150 e. The normalized spacial score (nSPS) is 21.4. The van der Waals surface area contributed by atoms with Gasteiger partial charge in [-0.1, -0.05) is 0 Å². The third-order valence-corrected chi connectivity index (χ3v) is 3.05. The molecule has 1 fully saturated rings. The van der Waals surface area contributed by atoms with Crippen LogP contribution in [0.2, 0.25) is 0 Å². The Kier molecular flexibility index (Phi) is 2.29. The number of nitrogens with two attached hydrogens (primary N) is 1. The molecule has 1 aromatic carbocycles. The molecule has 1 aromatic heterocycles. The van der Waals surface area contributed by atoms with Crippen LogP contribution >= 0.6 is 0 Å². The van der Waals surface area contributed by atoms with E-state index in [0.29, 0.717) is 0 Å². The molecule has 0 saturated carbocycles. The van der Waals surface area contributed by atoms with E-state index in [2.05, 4.69) is 5.10 Å². The van der Waals surface area contributed by atoms with Crippen molar-refractivity contribution in [2.45, 2.75) is 25.5 Å². The van der Waals surface area contributed by atoms with E-state index in [-0.39, 0.29) is 6.23 Å². The number of hydrogen-bond acceptors (Lipinski definition) is 3. The molecule has 16 heavy (non-hydrogen) atoms. The van der Waals surface area contributed by atoms with E-state index in [9.17, 15) is 0 Å². The molecular weight excluding hydrogens is 202 g/mol. The van der Waals surface area contributed by atoms with E-state index >= 15 is 0 Å². The molecule has 1 saturated heterocycles. The van der Waals surface area contributed by atoms with Gasteiger partial charge in [-0.15, -0.1) is 0 Å². The molecule has 0 radical (unpaired) electrons. The summed E-state index contributed by atoms with van der Waals surface area (Å²) in [5.74, 6) is 0. The average molecular weight is 217 g/mol. The van der Waals surface area contributed by atoms with Gasteiger partial charge in [0.15, 0.2) is 6.23 Å². The highest BCUT2D eigenvalue weighted by molar-refractivity contribution is 5.81. The van der Waals surface area contributed by atoms with Crippen molar-refractivity contribution in [1.82, 2.24) is 9.78 Å². The second-order valence-corrected chi connectivity index (χ2v) is 4.23. The van der Waals surface area contributed by atoms with Crippen LogP contribution in [0.3, 0.4) is 0 Å². The van der Waals surface area contributed by atoms with Crippen molar-refractivity contribution >= 4 is 16.6 Å². The van der Waals surface area contributed by atoms with Crippen LogP contribution in [-0.2, 0) is 4.74 Å². The lowest BCUT2D eigenvalue weighted by Gasteiger charge is -2.23. The van der Waals surface area contributed by atoms with Gasteiger partial charge >= 0.3 is 0 Å². The molecule has 0 unspecified atom stereocenters. The first-order valence-electron chi connectivity index (χ1n) is 5.69. The lowest BCUT2D eigenvalue weighted by Crippen LogP contribution is -2.18. The molecule has 2 heterocycles. The quantitative estimate of drug-likeness (QED) is 0.746. The van der Waals surface area contributed by atoms with Gasteiger partial charge in [-0.3, -0.25) is 0 Å². The van der Waals surface area contributed by atoms with Crippen LogP contribution < -0.4 is 5.73 Å². The summed E-state index contributed by atoms with van der Waals surface area (Å²) in [5, 5.41) is 5.47. The molecule has 0 aliphatic carbocycles. The molecule has 0 bridgehead atoms. The second kappa shape index (κ2) is 3.79. The minimum absolute atomic E-state index is 0.0925. The summed E-state index contributed by atoms with van der Waals surface area (Å²) >= 11 is 0. The molecule has 1 aliphatic rings. The Morgan fingerprint density at radius 3 is 3.12 bits per heavy atom. The molecule has 2 N–H and O–H groups in total. The first kappa shape index (κ1) is 9.66. The summed E-state index contributed by atoms with van der Waals surface area (Å²) in [6, 6.07) is 5.86. The highest BCUT2D eigenvalue weighted by atomic mass is 16.5. The molecule has 1 aliphatic heterocycles. The number of benzene rings is 1. The Morgan fingerprint density at radius 2 is 2.31 bits per heavy atom. The predicted octanol–water partition coefficient (Wildman–Crippen LogP) is 2.32. The van der Waals surface area contributed by atoms with Crippen molar-refractivity contribution in [3.8, 4) is 0 Å². The molecular formula is C12H15N3O. The van der Waals surface area contributed by atoms with Crippen LogP contribution in [0, 0.1) is 0 Å². The topological polar surface area (TPSA) is 53.1 Å². The van der Waals surface area contributed by atoms with Crippen LogP contribution in [0.4, 0.5) is 5.69 Å². The third-order valence-electron chi connectivity index (χ3n) is 3.05. The van der Waals surface area contributed by atoms with Crippen LogP contribution in [0.1, 0.15) is 25.5 Å². The van der Waals surface area contributed by atoms with Gasteiger partial charge in [0.2, 0.25) is 0 Å². The van der Waals surface area contributed by atoms with E-state index in [0.717, 1.165) is 36.0 Å². The Morgan fingerprint density at radius 1 is 1.38 bits per heavy atom. The summed E-state index contributed by atoms with van der Waals surface area (Å²) in [7, 11) is 0. The van der Waals surface area contributed by atoms with E-state index in [1.54, 1.807) is 0 Å². The van der Waals surface area contributed by atoms with E-state index in [1.165, 1.54) is 6.42 Å². The Hall–Kier alpha value is -1.55. The summed E-state index contributed by atoms with van der Waals surface area (Å²) < 4.78 is 7.70. The zero-order valence-corrected chi connectivity index (χ0v) is 9.10. The lowest BCUT2D eigenvalue weighted by atomic mass is 10.2. The molecule has 4 heteroatoms. The monoisotopic (exact) mass is 217 g/mol. The van der Waals surface area contributed by atoms with Crippen molar-refractivity contribution in [3.63, 3.8) is 0 Å². The van der Waals surface area contributed by atoms with Crippen LogP contribution in [-0.4, -0.2) is 16.4 Å². The Labute approximate surface area is 94.0 Å². The number of hydrogen-bond donors (Lipinski definition) is 1. The zero-order chi connectivity index (χ0) is 11.0. The smallest absolute Gasteiger partial charge is 0.150 e. The van der Waals surface area contributed by atoms with Crippen LogP contribution in [0.15, 0.2) is 24.4 Å². The summed E-state index contributed by atoms with van der Waals surface area (Å²) in [4.78, 5) is 0. The van der Waals surface area contributed by atoms with Crippen molar-refractivity contribution in [3.05, 3.63) is 24.4 Å². The lowest BCUT2D eigenvalue weighted by molar-refractivity contribution is -0.0366. The molecule has 4 nitrogen and oxygen atoms in total. The minimum atomic E-state index is 0.0925. The van der Waals surface area contributed by atoms with Crippen molar-refractivity contribution in [2.24, 2.45) is 0 Å². The number of aromatic nitrogens is 2. The standard InChI is InChI=1S/C12H15N3O/c13-10-4-5-11-9(7-10)8-14-15(11)12-3-1-2-6-16-12/h4-5,7-8,12H,1-3,6,13H2/t12-/m0/s1. The van der Waals surface area contributed by atoms with E-state index < -0.39 is 0 Å². The number of nitrogens with zero attached hydrogens (tertiary/aromatic N) is 2. The number of anilines is 1. The van der Waals surface area contributed by atoms with Crippen molar-refractivity contribution in [1.29, 1.82) is 0 Å². The third kappa shape index (κ3) is 1.55. The van der Waals surface area contributed by atoms with Crippen LogP contribution in [0.5, 0.6) is 0 Å². The highest BCUT2D eigenvalue weighted by Gasteiger charge is 2.18. The van der Waals surface area contributed by atoms with E-state index in [4.69, 9.17) is 10.5 Å². The average Bonchev–Trinajstić information content (AvgIpc) is 2.73. The summed E-state index contributed by atoms with van der Waals surface area (Å²) in [6.45, 7) is 0.834. The molecule has 2 aromatic rings. The SMILES string of the molecule is Nc1ccc2c(cnn2[C@@H]2CCCCO2)c1. The Balaban J connectivity index is 2.03. The van der Waals surface area contributed by atoms with Gasteiger partial charge in [0, 0.05) is 17.7 Å². The number of ether oxygens (including phenoxy) is 1. The Bertz CT molecular complexity index is 500. The molecule has 1 atom stereocenters. The highest BCUT2D eigenvalue weighted by Crippen LogP contribution is 2.26. The maximum atomic E-state index is 5.74. The first-order chi connectivity index (χ1) is 7.84. The molecule has 0 spiro atoms. The second-order valence-electron chi connectivity index (χ2n) is 4.23. The van der Waals surface area contributed by atoms with Gasteiger partial charge in [0.25, 0.3) is 0 Å². The van der Waals surface area contributed by atoms with Gasteiger partial charge in [0.1, 0.15) is 0 Å². The van der Waals surface area contributed by atoms with Gasteiger partial charge in [0.05, 0.1) is 11.7 Å². The fraction of sp³-hybridized carbons (Fsp3) is 0.417. The largest absolute Gasteiger partial charge is 0.399 e. The maximum absolute atomic E-state index is 5.74. The van der Waals surface area contributed by atoms with Gasteiger partial charge in [-0.25, -0.2) is 4.68 Å². The molecule has 84 valence electrons. The summed E-state index contributed by atoms with van der Waals surface area (Å²) in [6.07, 6.45) is 5.35. The number of rotatable bonds is 1. The number of fused-ring (bicyclic) bond motifs is 1. The van der Waals surface area contributed by atoms with Gasteiger partial charge in [-0.05, 0) is 37.5 Å². The predicted molar refractivity (Wildman–Crippen MR) is 63.0 cm³/mol. The molecule has 0 amide bonds. The first-order valence-corrected chi connectivity index (χ1v) is 5.69. The van der Waals surface area contributed by atoms with Gasteiger partial charge in [-0.2, -0.15) is 5.10 Å². The minimum Gasteiger partial charge on any atom is -0.399 e. The fourth-order valence-electron chi connectivity index (χ4n) is 2.22. The number of nitrogen functional groups attached to an aromatic ring is 1. The van der Waals surface area contributed by atoms with E-state index in [1.807, 2.05) is 29.1 Å². The van der Waals surface area contributed by atoms with Gasteiger partial charge < -0.3 is 10.5 Å². The zero-order valence-electron chi connectivity index (χ0n) is 9.10. The molecule has 3 rings (SSSR count). The fourth-order valence-corrected chi connectivity index (χ4v) is 2.22. The van der Waals surface area contributed by atoms with Crippen LogP contribution in [0.25, 0.3) is 10.9 Å².